The first-order valence-electron chi connectivity index (χ1n) is 4.09. The van der Waals surface area contributed by atoms with Crippen molar-refractivity contribution < 1.29 is 9.50 Å². The van der Waals surface area contributed by atoms with Crippen LogP contribution >= 0.6 is 11.3 Å². The summed E-state index contributed by atoms with van der Waals surface area (Å²) in [5.41, 5.74) is 0. The number of likely N-dealkylation sites (N-methyl/N-ethyl adjacent to an activating group) is 1. The van der Waals surface area contributed by atoms with Crippen LogP contribution in [-0.4, -0.2) is 41.5 Å². The van der Waals surface area contributed by atoms with E-state index >= 15 is 0 Å². The van der Waals surface area contributed by atoms with Crippen molar-refractivity contribution in [3.63, 3.8) is 0 Å². The first-order valence-corrected chi connectivity index (χ1v) is 4.91. The summed E-state index contributed by atoms with van der Waals surface area (Å²) in [6.45, 7) is 0.388. The Morgan fingerprint density at radius 1 is 1.86 bits per heavy atom. The molecule has 0 saturated carbocycles. The van der Waals surface area contributed by atoms with Crippen molar-refractivity contribution in [1.82, 2.24) is 14.5 Å². The molecule has 2 rings (SSSR count). The molecule has 0 spiro atoms. The molecule has 0 amide bonds. The third kappa shape index (κ3) is 1.43. The standard InChI is InChI=1S/C7H10FN3O2S/c1-10-3-6(12)11(13,4-10)7-9-2-5(8)14-7/h2,6,12H,3-4H2,1H3. The normalized spacial score (nSPS) is 33.9. The highest BCUT2D eigenvalue weighted by Crippen LogP contribution is 2.32. The topological polar surface area (TPSA) is 59.4 Å². The van der Waals surface area contributed by atoms with Crippen LogP contribution in [0.1, 0.15) is 0 Å². The summed E-state index contributed by atoms with van der Waals surface area (Å²) in [4.78, 5) is 5.36. The largest absolute Gasteiger partial charge is 0.623 e. The van der Waals surface area contributed by atoms with Crippen molar-refractivity contribution in [2.24, 2.45) is 0 Å². The average molecular weight is 219 g/mol. The number of thiazole rings is 1. The van der Waals surface area contributed by atoms with Crippen LogP contribution in [0.15, 0.2) is 6.20 Å². The van der Waals surface area contributed by atoms with Gasteiger partial charge in [-0.25, -0.2) is 0 Å². The summed E-state index contributed by atoms with van der Waals surface area (Å²) in [6, 6.07) is 0. The Labute approximate surface area is 84.2 Å². The van der Waals surface area contributed by atoms with E-state index in [1.165, 1.54) is 0 Å². The molecule has 1 aromatic heterocycles. The van der Waals surface area contributed by atoms with E-state index in [4.69, 9.17) is 0 Å². The zero-order valence-corrected chi connectivity index (χ0v) is 8.37. The zero-order valence-electron chi connectivity index (χ0n) is 7.55. The predicted molar refractivity (Wildman–Crippen MR) is 50.7 cm³/mol. The fourth-order valence-electron chi connectivity index (χ4n) is 1.53. The van der Waals surface area contributed by atoms with Crippen LogP contribution in [0.25, 0.3) is 0 Å². The minimum Gasteiger partial charge on any atom is -0.623 e. The number of hydrogen-bond acceptors (Lipinski definition) is 5. The number of halogens is 1. The van der Waals surface area contributed by atoms with E-state index < -0.39 is 16.0 Å². The van der Waals surface area contributed by atoms with Gasteiger partial charge in [-0.2, -0.15) is 9.37 Å². The van der Waals surface area contributed by atoms with E-state index in [2.05, 4.69) is 4.98 Å². The van der Waals surface area contributed by atoms with Gasteiger partial charge in [-0.1, -0.05) is 0 Å². The second-order valence-corrected chi connectivity index (χ2v) is 4.36. The van der Waals surface area contributed by atoms with Crippen molar-refractivity contribution in [1.29, 1.82) is 0 Å². The van der Waals surface area contributed by atoms with Crippen molar-refractivity contribution in [2.75, 3.05) is 20.3 Å². The number of β-amino-alcohol motifs (C(OH)–C–C–N with tert-alkyl or cyclic N) is 1. The van der Waals surface area contributed by atoms with Gasteiger partial charge in [-0.15, -0.1) is 0 Å². The summed E-state index contributed by atoms with van der Waals surface area (Å²) < 4.78 is 11.7. The highest BCUT2D eigenvalue weighted by molar-refractivity contribution is 7.13. The summed E-state index contributed by atoms with van der Waals surface area (Å²) in [7, 11) is 1.73. The Morgan fingerprint density at radius 2 is 2.57 bits per heavy atom. The molecule has 2 unspecified atom stereocenters. The number of nitrogens with zero attached hydrogens (tertiary/aromatic N) is 3. The molecule has 0 radical (unpaired) electrons. The van der Waals surface area contributed by atoms with Crippen molar-refractivity contribution in [2.45, 2.75) is 6.23 Å². The first kappa shape index (κ1) is 9.94. The fraction of sp³-hybridized carbons (Fsp3) is 0.571. The SMILES string of the molecule is CN1CC(O)[N+]([O-])(c2ncc(F)s2)C1. The molecule has 2 atom stereocenters. The molecule has 0 bridgehead atoms. The summed E-state index contributed by atoms with van der Waals surface area (Å²) >= 11 is 0.685. The Bertz CT molecular complexity index is 347. The Hall–Kier alpha value is -0.600. The van der Waals surface area contributed by atoms with Crippen molar-refractivity contribution in [3.05, 3.63) is 16.5 Å². The maximum atomic E-state index is 12.7. The Morgan fingerprint density at radius 3 is 3.00 bits per heavy atom. The van der Waals surface area contributed by atoms with Gasteiger partial charge in [0.25, 0.3) is 5.13 Å². The van der Waals surface area contributed by atoms with E-state index in [1.807, 2.05) is 0 Å². The summed E-state index contributed by atoms with van der Waals surface area (Å²) in [5, 5.41) is 21.2. The van der Waals surface area contributed by atoms with Gasteiger partial charge < -0.3 is 10.3 Å². The molecule has 14 heavy (non-hydrogen) atoms. The highest BCUT2D eigenvalue weighted by Gasteiger charge is 2.40. The van der Waals surface area contributed by atoms with Gasteiger partial charge >= 0.3 is 0 Å². The molecule has 78 valence electrons. The smallest absolute Gasteiger partial charge is 0.292 e. The van der Waals surface area contributed by atoms with Crippen molar-refractivity contribution >= 4 is 16.5 Å². The molecular weight excluding hydrogens is 209 g/mol. The van der Waals surface area contributed by atoms with Crippen LogP contribution in [0.4, 0.5) is 9.52 Å². The highest BCUT2D eigenvalue weighted by atomic mass is 32.1. The number of hydrogen-bond donors (Lipinski definition) is 1. The van der Waals surface area contributed by atoms with Gasteiger partial charge in [-0.05, 0) is 18.4 Å². The van der Waals surface area contributed by atoms with Crippen LogP contribution in [0.2, 0.25) is 0 Å². The molecule has 1 aromatic rings. The number of aliphatic hydroxyl groups is 1. The zero-order chi connectivity index (χ0) is 10.3. The Kier molecular flexibility index (Phi) is 2.28. The number of aromatic nitrogens is 1. The molecule has 7 heteroatoms. The number of quaternary nitrogens is 1. The van der Waals surface area contributed by atoms with Crippen LogP contribution in [0.3, 0.4) is 0 Å². The van der Waals surface area contributed by atoms with E-state index in [0.29, 0.717) is 11.3 Å². The minimum atomic E-state index is -1.08. The molecule has 0 aliphatic carbocycles. The lowest BCUT2D eigenvalue weighted by Crippen LogP contribution is -2.48. The molecule has 1 N–H and O–H groups in total. The monoisotopic (exact) mass is 219 g/mol. The van der Waals surface area contributed by atoms with Crippen LogP contribution in [-0.2, 0) is 0 Å². The Balaban J connectivity index is 2.32. The molecule has 1 aliphatic rings. The molecule has 5 nitrogen and oxygen atoms in total. The van der Waals surface area contributed by atoms with E-state index in [0.717, 1.165) is 6.20 Å². The van der Waals surface area contributed by atoms with Gasteiger partial charge in [0.05, 0.1) is 12.7 Å². The van der Waals surface area contributed by atoms with Crippen LogP contribution in [0.5, 0.6) is 0 Å². The van der Waals surface area contributed by atoms with E-state index in [1.54, 1.807) is 11.9 Å². The number of aliphatic hydroxyl groups excluding tert-OH is 1. The van der Waals surface area contributed by atoms with Crippen LogP contribution < -0.4 is 4.65 Å². The molecule has 2 heterocycles. The van der Waals surface area contributed by atoms with Crippen LogP contribution in [0, 0.1) is 10.3 Å². The van der Waals surface area contributed by atoms with Gasteiger partial charge in [0.2, 0.25) is 11.4 Å². The fourth-order valence-corrected chi connectivity index (χ4v) is 2.25. The third-order valence-corrected chi connectivity index (χ3v) is 3.09. The maximum Gasteiger partial charge on any atom is 0.292 e. The summed E-state index contributed by atoms with van der Waals surface area (Å²) in [6.07, 6.45) is -0.0753. The lowest BCUT2D eigenvalue weighted by atomic mass is 10.5. The second kappa shape index (κ2) is 3.21. The van der Waals surface area contributed by atoms with Gasteiger partial charge in [0.1, 0.15) is 6.67 Å². The second-order valence-electron chi connectivity index (χ2n) is 3.40. The minimum absolute atomic E-state index is 0.0688. The third-order valence-electron chi connectivity index (χ3n) is 2.20. The van der Waals surface area contributed by atoms with Gasteiger partial charge in [-0.3, -0.25) is 9.55 Å². The average Bonchev–Trinajstić information content (AvgIpc) is 2.59. The molecule has 0 aromatic carbocycles. The predicted octanol–water partition coefficient (Wildman–Crippen LogP) is 0.309. The lowest BCUT2D eigenvalue weighted by molar-refractivity contribution is 0.0848. The quantitative estimate of drug-likeness (QED) is 0.545. The maximum absolute atomic E-state index is 12.7. The molecule has 1 fully saturated rings. The summed E-state index contributed by atoms with van der Waals surface area (Å²) in [5.74, 6) is 0. The van der Waals surface area contributed by atoms with E-state index in [9.17, 15) is 14.7 Å². The lowest BCUT2D eigenvalue weighted by Gasteiger charge is -2.36. The van der Waals surface area contributed by atoms with Crippen molar-refractivity contribution in [3.8, 4) is 0 Å². The van der Waals surface area contributed by atoms with Gasteiger partial charge in [0, 0.05) is 0 Å². The molecular formula is C7H10FN3O2S. The first-order chi connectivity index (χ1) is 6.52. The number of hydroxylamine groups is 2. The van der Waals surface area contributed by atoms with Gasteiger partial charge in [0.15, 0.2) is 0 Å². The van der Waals surface area contributed by atoms with E-state index in [-0.39, 0.29) is 18.3 Å². The number of rotatable bonds is 1. The molecule has 1 aliphatic heterocycles. The molecule has 1 saturated heterocycles.